The molecule has 0 bridgehead atoms. The van der Waals surface area contributed by atoms with Gasteiger partial charge in [0, 0.05) is 23.0 Å². The Morgan fingerprint density at radius 1 is 0.750 bits per heavy atom. The number of thioether (sulfide) groups is 1. The van der Waals surface area contributed by atoms with Crippen molar-refractivity contribution in [2.75, 3.05) is 14.2 Å². The SMILES string of the molecule is COc1ccc(CN(Cc2ccc(O)cc2)C(=Nc2ccc(OC)cc2)Sc2ccc(Cl)cc2)cc1. The molecule has 0 aliphatic carbocycles. The zero-order valence-corrected chi connectivity index (χ0v) is 21.7. The van der Waals surface area contributed by atoms with Crippen LogP contribution in [0.5, 0.6) is 17.2 Å². The van der Waals surface area contributed by atoms with Crippen molar-refractivity contribution >= 4 is 34.2 Å². The van der Waals surface area contributed by atoms with Gasteiger partial charge in [-0.2, -0.15) is 0 Å². The lowest BCUT2D eigenvalue weighted by Gasteiger charge is -2.26. The molecule has 0 aliphatic heterocycles. The van der Waals surface area contributed by atoms with Crippen LogP contribution in [0.3, 0.4) is 0 Å². The molecule has 0 spiro atoms. The molecule has 1 N–H and O–H groups in total. The van der Waals surface area contributed by atoms with E-state index in [0.717, 1.165) is 38.4 Å². The number of hydrogen-bond donors (Lipinski definition) is 1. The standard InChI is InChI=1S/C29H27ClN2O3S/c1-34-26-13-5-22(6-14-26)20-32(19-21-3-11-25(33)12-4-21)29(36-28-17-7-23(30)8-18-28)31-24-9-15-27(35-2)16-10-24/h3-18,33H,19-20H2,1-2H3. The highest BCUT2D eigenvalue weighted by Crippen LogP contribution is 2.29. The van der Waals surface area contributed by atoms with Gasteiger partial charge in [-0.3, -0.25) is 0 Å². The largest absolute Gasteiger partial charge is 0.508 e. The molecule has 184 valence electrons. The molecule has 0 saturated heterocycles. The van der Waals surface area contributed by atoms with E-state index in [-0.39, 0.29) is 5.75 Å². The van der Waals surface area contributed by atoms with Gasteiger partial charge in [0.1, 0.15) is 17.2 Å². The highest BCUT2D eigenvalue weighted by atomic mass is 35.5. The van der Waals surface area contributed by atoms with E-state index in [1.54, 1.807) is 38.1 Å². The summed E-state index contributed by atoms with van der Waals surface area (Å²) in [6.45, 7) is 1.22. The van der Waals surface area contributed by atoms with Crippen molar-refractivity contribution in [2.24, 2.45) is 4.99 Å². The fraction of sp³-hybridized carbons (Fsp3) is 0.138. The fourth-order valence-corrected chi connectivity index (χ4v) is 4.52. The number of amidine groups is 1. The molecule has 0 fully saturated rings. The van der Waals surface area contributed by atoms with E-state index in [9.17, 15) is 5.11 Å². The Kier molecular flexibility index (Phi) is 8.76. The fourth-order valence-electron chi connectivity index (χ4n) is 3.50. The number of phenolic OH excluding ortho intramolecular Hbond substituents is 1. The van der Waals surface area contributed by atoms with Gasteiger partial charge in [0.05, 0.1) is 19.9 Å². The van der Waals surface area contributed by atoms with Crippen LogP contribution >= 0.6 is 23.4 Å². The molecule has 0 unspecified atom stereocenters. The molecular formula is C29H27ClN2O3S. The number of phenols is 1. The average molecular weight is 519 g/mol. The first-order valence-corrected chi connectivity index (χ1v) is 12.5. The minimum absolute atomic E-state index is 0.239. The molecule has 0 saturated carbocycles. The highest BCUT2D eigenvalue weighted by molar-refractivity contribution is 8.13. The summed E-state index contributed by atoms with van der Waals surface area (Å²) >= 11 is 7.70. The van der Waals surface area contributed by atoms with Crippen LogP contribution in [0.4, 0.5) is 5.69 Å². The van der Waals surface area contributed by atoms with Gasteiger partial charge in [-0.05, 0) is 83.9 Å². The second-order valence-electron chi connectivity index (χ2n) is 8.02. The van der Waals surface area contributed by atoms with E-state index in [2.05, 4.69) is 17.0 Å². The molecule has 0 aromatic heterocycles. The summed E-state index contributed by atoms with van der Waals surface area (Å²) in [6.07, 6.45) is 0. The van der Waals surface area contributed by atoms with Gasteiger partial charge in [-0.1, -0.05) is 47.6 Å². The molecular weight excluding hydrogens is 492 g/mol. The third-order valence-electron chi connectivity index (χ3n) is 5.43. The molecule has 4 aromatic rings. The molecule has 0 radical (unpaired) electrons. The van der Waals surface area contributed by atoms with Gasteiger partial charge >= 0.3 is 0 Å². The smallest absolute Gasteiger partial charge is 0.169 e. The van der Waals surface area contributed by atoms with Crippen LogP contribution < -0.4 is 9.47 Å². The summed E-state index contributed by atoms with van der Waals surface area (Å²) in [5.74, 6) is 1.83. The molecule has 0 atom stereocenters. The van der Waals surface area contributed by atoms with E-state index in [4.69, 9.17) is 26.1 Å². The van der Waals surface area contributed by atoms with Crippen LogP contribution in [0.15, 0.2) is 107 Å². The van der Waals surface area contributed by atoms with Crippen molar-refractivity contribution in [3.8, 4) is 17.2 Å². The molecule has 0 aliphatic rings. The number of methoxy groups -OCH3 is 2. The Hall–Kier alpha value is -3.61. The summed E-state index contributed by atoms with van der Waals surface area (Å²) < 4.78 is 10.6. The van der Waals surface area contributed by atoms with Gasteiger partial charge in [0.25, 0.3) is 0 Å². The van der Waals surface area contributed by atoms with Gasteiger partial charge < -0.3 is 19.5 Å². The lowest BCUT2D eigenvalue weighted by atomic mass is 10.1. The van der Waals surface area contributed by atoms with Crippen molar-refractivity contribution in [2.45, 2.75) is 18.0 Å². The summed E-state index contributed by atoms with van der Waals surface area (Å²) in [4.78, 5) is 8.28. The minimum Gasteiger partial charge on any atom is -0.508 e. The lowest BCUT2D eigenvalue weighted by molar-refractivity contribution is 0.408. The van der Waals surface area contributed by atoms with E-state index < -0.39 is 0 Å². The Morgan fingerprint density at radius 3 is 1.78 bits per heavy atom. The van der Waals surface area contributed by atoms with Crippen molar-refractivity contribution in [1.82, 2.24) is 4.90 Å². The second kappa shape index (κ2) is 12.4. The Bertz CT molecular complexity index is 1280. The van der Waals surface area contributed by atoms with Gasteiger partial charge in [0.15, 0.2) is 5.17 Å². The number of ether oxygens (including phenoxy) is 2. The van der Waals surface area contributed by atoms with Crippen molar-refractivity contribution in [1.29, 1.82) is 0 Å². The van der Waals surface area contributed by atoms with Gasteiger partial charge in [-0.15, -0.1) is 0 Å². The summed E-state index contributed by atoms with van der Waals surface area (Å²) in [7, 11) is 3.31. The molecule has 7 heteroatoms. The summed E-state index contributed by atoms with van der Waals surface area (Å²) in [5.41, 5.74) is 2.99. The highest BCUT2D eigenvalue weighted by Gasteiger charge is 2.16. The van der Waals surface area contributed by atoms with Crippen molar-refractivity contribution in [3.63, 3.8) is 0 Å². The van der Waals surface area contributed by atoms with Crippen LogP contribution in [-0.4, -0.2) is 29.4 Å². The number of aromatic hydroxyl groups is 1. The Labute approximate surface area is 221 Å². The third kappa shape index (κ3) is 7.20. The molecule has 5 nitrogen and oxygen atoms in total. The van der Waals surface area contributed by atoms with Crippen LogP contribution in [0.2, 0.25) is 5.02 Å². The zero-order valence-electron chi connectivity index (χ0n) is 20.1. The summed E-state index contributed by atoms with van der Waals surface area (Å²) in [5, 5.41) is 11.3. The molecule has 4 aromatic carbocycles. The number of nitrogens with zero attached hydrogens (tertiary/aromatic N) is 2. The van der Waals surface area contributed by atoms with Crippen LogP contribution in [0.1, 0.15) is 11.1 Å². The topological polar surface area (TPSA) is 54.3 Å². The number of rotatable bonds is 8. The Morgan fingerprint density at radius 2 is 1.25 bits per heavy atom. The predicted octanol–water partition coefficient (Wildman–Crippen LogP) is 7.55. The monoisotopic (exact) mass is 518 g/mol. The molecule has 36 heavy (non-hydrogen) atoms. The first-order chi connectivity index (χ1) is 17.5. The maximum absolute atomic E-state index is 9.77. The normalized spacial score (nSPS) is 11.2. The van der Waals surface area contributed by atoms with Crippen molar-refractivity contribution < 1.29 is 14.6 Å². The Balaban J connectivity index is 1.73. The quantitative estimate of drug-likeness (QED) is 0.148. The lowest BCUT2D eigenvalue weighted by Crippen LogP contribution is -2.28. The third-order valence-corrected chi connectivity index (χ3v) is 6.72. The number of benzene rings is 4. The van der Waals surface area contributed by atoms with Gasteiger partial charge in [0.2, 0.25) is 0 Å². The van der Waals surface area contributed by atoms with E-state index in [1.165, 1.54) is 0 Å². The van der Waals surface area contributed by atoms with Crippen LogP contribution in [-0.2, 0) is 13.1 Å². The van der Waals surface area contributed by atoms with E-state index in [0.29, 0.717) is 18.1 Å². The number of aliphatic imine (C=N–C) groups is 1. The second-order valence-corrected chi connectivity index (χ2v) is 9.50. The van der Waals surface area contributed by atoms with Crippen molar-refractivity contribution in [3.05, 3.63) is 113 Å². The molecule has 4 rings (SSSR count). The maximum Gasteiger partial charge on any atom is 0.169 e. The molecule has 0 amide bonds. The minimum atomic E-state index is 0.239. The molecule has 0 heterocycles. The van der Waals surface area contributed by atoms with Gasteiger partial charge in [-0.25, -0.2) is 4.99 Å². The zero-order chi connectivity index (χ0) is 25.3. The van der Waals surface area contributed by atoms with E-state index in [1.807, 2.05) is 72.8 Å². The predicted molar refractivity (Wildman–Crippen MR) is 148 cm³/mol. The maximum atomic E-state index is 9.77. The first-order valence-electron chi connectivity index (χ1n) is 11.3. The summed E-state index contributed by atoms with van der Waals surface area (Å²) in [6, 6.07) is 30.7. The first kappa shape index (κ1) is 25.5. The van der Waals surface area contributed by atoms with E-state index >= 15 is 0 Å². The van der Waals surface area contributed by atoms with Crippen LogP contribution in [0, 0.1) is 0 Å². The number of halogens is 1. The number of hydrogen-bond acceptors (Lipinski definition) is 5. The van der Waals surface area contributed by atoms with Crippen LogP contribution in [0.25, 0.3) is 0 Å². The average Bonchev–Trinajstić information content (AvgIpc) is 2.91.